The smallest absolute Gasteiger partial charge is 0.307 e. The fourth-order valence-corrected chi connectivity index (χ4v) is 2.22. The van der Waals surface area contributed by atoms with Crippen molar-refractivity contribution in [3.8, 4) is 0 Å². The van der Waals surface area contributed by atoms with Gasteiger partial charge in [-0.1, -0.05) is 18.2 Å². The van der Waals surface area contributed by atoms with Crippen LogP contribution in [0.15, 0.2) is 61.4 Å². The maximum atomic E-state index is 11.9. The van der Waals surface area contributed by atoms with Gasteiger partial charge in [0, 0.05) is 5.52 Å². The Bertz CT molecular complexity index is 927. The lowest BCUT2D eigenvalue weighted by molar-refractivity contribution is 0.0926. The Balaban J connectivity index is 1.79. The van der Waals surface area contributed by atoms with Crippen molar-refractivity contribution >= 4 is 39.0 Å². The van der Waals surface area contributed by atoms with Gasteiger partial charge in [0.1, 0.15) is 0 Å². The first-order valence-corrected chi connectivity index (χ1v) is 7.13. The number of aromatic nitrogens is 1. The molecule has 0 aliphatic rings. The minimum absolute atomic E-state index is 0.122. The molecule has 0 fully saturated rings. The van der Waals surface area contributed by atoms with E-state index >= 15 is 0 Å². The first-order chi connectivity index (χ1) is 10.6. The second-order valence-electron chi connectivity index (χ2n) is 4.44. The fourth-order valence-electron chi connectivity index (χ4n) is 1.91. The van der Waals surface area contributed by atoms with Gasteiger partial charge in [-0.05, 0) is 45.6 Å². The van der Waals surface area contributed by atoms with Crippen LogP contribution in [0.1, 0.15) is 16.1 Å². The summed E-state index contributed by atoms with van der Waals surface area (Å²) in [5.74, 6) is -0.379. The number of para-hydroxylation sites is 1. The van der Waals surface area contributed by atoms with Gasteiger partial charge in [0.05, 0.1) is 11.8 Å². The molecule has 2 aromatic heterocycles. The van der Waals surface area contributed by atoms with Gasteiger partial charge in [-0.2, -0.15) is 5.10 Å². The van der Waals surface area contributed by atoms with Crippen molar-refractivity contribution in [1.29, 1.82) is 0 Å². The summed E-state index contributed by atoms with van der Waals surface area (Å²) in [5, 5.41) is 4.65. The van der Waals surface area contributed by atoms with Gasteiger partial charge in [0.25, 0.3) is 5.56 Å². The van der Waals surface area contributed by atoms with Gasteiger partial charge in [-0.25, -0.2) is 5.43 Å². The Kier molecular flexibility index (Phi) is 3.88. The first kappa shape index (κ1) is 14.3. The van der Waals surface area contributed by atoms with Crippen LogP contribution in [0.25, 0.3) is 10.9 Å². The summed E-state index contributed by atoms with van der Waals surface area (Å²) in [7, 11) is 0. The molecule has 1 aromatic carbocycles. The van der Waals surface area contributed by atoms with Gasteiger partial charge < -0.3 is 9.40 Å². The van der Waals surface area contributed by atoms with Crippen LogP contribution in [-0.4, -0.2) is 17.1 Å². The third kappa shape index (κ3) is 2.99. The summed E-state index contributed by atoms with van der Waals surface area (Å²) >= 11 is 3.11. The van der Waals surface area contributed by atoms with Crippen LogP contribution in [-0.2, 0) is 0 Å². The molecular formula is C15H10BrN3O3. The Morgan fingerprint density at radius 1 is 1.27 bits per heavy atom. The number of hydrazone groups is 1. The number of furan rings is 1. The monoisotopic (exact) mass is 359 g/mol. The van der Waals surface area contributed by atoms with Gasteiger partial charge in [-0.15, -0.1) is 0 Å². The predicted molar refractivity (Wildman–Crippen MR) is 86.0 cm³/mol. The molecule has 3 rings (SSSR count). The lowest BCUT2D eigenvalue weighted by atomic mass is 10.2. The molecular weight excluding hydrogens is 350 g/mol. The third-order valence-electron chi connectivity index (χ3n) is 2.95. The van der Waals surface area contributed by atoms with E-state index in [1.165, 1.54) is 12.3 Å². The number of carbonyl (C=O) groups excluding carboxylic acids is 1. The lowest BCUT2D eigenvalue weighted by Crippen LogP contribution is -2.18. The number of nitrogens with one attached hydrogen (secondary N) is 2. The zero-order valence-electron chi connectivity index (χ0n) is 11.2. The molecule has 1 amide bonds. The fraction of sp³-hybridized carbons (Fsp3) is 0. The zero-order valence-corrected chi connectivity index (χ0v) is 12.8. The Labute approximate surface area is 133 Å². The quantitative estimate of drug-likeness (QED) is 0.556. The van der Waals surface area contributed by atoms with Crippen molar-refractivity contribution < 1.29 is 9.21 Å². The first-order valence-electron chi connectivity index (χ1n) is 6.34. The van der Waals surface area contributed by atoms with Crippen LogP contribution in [0.4, 0.5) is 0 Å². The van der Waals surface area contributed by atoms with Crippen LogP contribution in [0.2, 0.25) is 0 Å². The van der Waals surface area contributed by atoms with E-state index in [9.17, 15) is 9.59 Å². The number of halogens is 1. The van der Waals surface area contributed by atoms with Crippen molar-refractivity contribution in [3.63, 3.8) is 0 Å². The van der Waals surface area contributed by atoms with Crippen molar-refractivity contribution in [3.05, 3.63) is 68.8 Å². The largest absolute Gasteiger partial charge is 0.444 e. The minimum atomic E-state index is -0.501. The van der Waals surface area contributed by atoms with Gasteiger partial charge >= 0.3 is 5.91 Å². The molecule has 110 valence electrons. The number of aromatic amines is 1. The third-order valence-corrected chi connectivity index (χ3v) is 3.38. The van der Waals surface area contributed by atoms with Crippen molar-refractivity contribution in [2.75, 3.05) is 0 Å². The average Bonchev–Trinajstić information content (AvgIpc) is 2.94. The summed E-state index contributed by atoms with van der Waals surface area (Å²) < 4.78 is 5.54. The highest BCUT2D eigenvalue weighted by Gasteiger charge is 2.08. The molecule has 2 heterocycles. The zero-order chi connectivity index (χ0) is 15.5. The molecule has 7 heteroatoms. The maximum Gasteiger partial charge on any atom is 0.307 e. The summed E-state index contributed by atoms with van der Waals surface area (Å²) in [6.45, 7) is 0. The number of amides is 1. The second-order valence-corrected chi connectivity index (χ2v) is 5.23. The van der Waals surface area contributed by atoms with Crippen LogP contribution in [0, 0.1) is 0 Å². The molecule has 0 aliphatic carbocycles. The molecule has 2 N–H and O–H groups in total. The molecule has 22 heavy (non-hydrogen) atoms. The number of carbonyl (C=O) groups is 1. The number of nitrogens with zero attached hydrogens (tertiary/aromatic N) is 1. The maximum absolute atomic E-state index is 11.9. The van der Waals surface area contributed by atoms with E-state index in [-0.39, 0.29) is 11.3 Å². The highest BCUT2D eigenvalue weighted by molar-refractivity contribution is 9.10. The SMILES string of the molecule is O=C(N/N=C\c1cc2ccccc2[nH]c1=O)c1ccc(Br)o1. The van der Waals surface area contributed by atoms with Crippen molar-refractivity contribution in [1.82, 2.24) is 10.4 Å². The molecule has 0 saturated heterocycles. The van der Waals surface area contributed by atoms with E-state index in [4.69, 9.17) is 4.42 Å². The van der Waals surface area contributed by atoms with Crippen molar-refractivity contribution in [2.24, 2.45) is 5.10 Å². The standard InChI is InChI=1S/C15H10BrN3O3/c16-13-6-5-12(22-13)15(21)19-17-8-10-7-9-3-1-2-4-11(9)18-14(10)20/h1-8H,(H,18,20)(H,19,21)/b17-8-. The van der Waals surface area contributed by atoms with Gasteiger partial charge in [0.2, 0.25) is 0 Å². The van der Waals surface area contributed by atoms with E-state index < -0.39 is 5.91 Å². The van der Waals surface area contributed by atoms with E-state index in [2.05, 4.69) is 31.4 Å². The number of hydrogen-bond donors (Lipinski definition) is 2. The van der Waals surface area contributed by atoms with E-state index in [1.54, 1.807) is 12.1 Å². The summed E-state index contributed by atoms with van der Waals surface area (Å²) in [6, 6.07) is 12.2. The number of hydrogen-bond acceptors (Lipinski definition) is 4. The molecule has 0 radical (unpaired) electrons. The number of rotatable bonds is 3. The van der Waals surface area contributed by atoms with Crippen LogP contribution in [0.3, 0.4) is 0 Å². The summed E-state index contributed by atoms with van der Waals surface area (Å²) in [6.07, 6.45) is 1.29. The topological polar surface area (TPSA) is 87.5 Å². The Hall–Kier alpha value is -2.67. The summed E-state index contributed by atoms with van der Waals surface area (Å²) in [5.41, 5.74) is 3.11. The van der Waals surface area contributed by atoms with E-state index in [0.717, 1.165) is 10.9 Å². The molecule has 0 saturated carbocycles. The van der Waals surface area contributed by atoms with Crippen LogP contribution in [0.5, 0.6) is 0 Å². The Morgan fingerprint density at radius 2 is 2.09 bits per heavy atom. The number of H-pyrrole nitrogens is 1. The Morgan fingerprint density at radius 3 is 2.86 bits per heavy atom. The molecule has 3 aromatic rings. The average molecular weight is 360 g/mol. The molecule has 0 bridgehead atoms. The number of fused-ring (bicyclic) bond motifs is 1. The molecule has 6 nitrogen and oxygen atoms in total. The highest BCUT2D eigenvalue weighted by atomic mass is 79.9. The minimum Gasteiger partial charge on any atom is -0.444 e. The number of benzene rings is 1. The lowest BCUT2D eigenvalue weighted by Gasteiger charge is -1.99. The van der Waals surface area contributed by atoms with E-state index in [0.29, 0.717) is 10.2 Å². The number of pyridine rings is 1. The normalized spacial score (nSPS) is 11.1. The predicted octanol–water partition coefficient (Wildman–Crippen LogP) is 2.65. The van der Waals surface area contributed by atoms with E-state index in [1.807, 2.05) is 24.3 Å². The van der Waals surface area contributed by atoms with Crippen LogP contribution >= 0.6 is 15.9 Å². The molecule has 0 unspecified atom stereocenters. The van der Waals surface area contributed by atoms with Gasteiger partial charge in [-0.3, -0.25) is 9.59 Å². The molecule has 0 atom stereocenters. The highest BCUT2D eigenvalue weighted by Crippen LogP contribution is 2.13. The molecule has 0 aliphatic heterocycles. The second kappa shape index (κ2) is 5.98. The van der Waals surface area contributed by atoms with Crippen molar-refractivity contribution in [2.45, 2.75) is 0 Å². The van der Waals surface area contributed by atoms with Crippen LogP contribution < -0.4 is 11.0 Å². The molecule has 0 spiro atoms. The summed E-state index contributed by atoms with van der Waals surface area (Å²) in [4.78, 5) is 26.4. The van der Waals surface area contributed by atoms with Gasteiger partial charge in [0.15, 0.2) is 10.4 Å².